The maximum atomic E-state index is 12.5. The molecule has 0 aliphatic heterocycles. The summed E-state index contributed by atoms with van der Waals surface area (Å²) in [6.07, 6.45) is 0.646. The van der Waals surface area contributed by atoms with Crippen molar-refractivity contribution in [3.05, 3.63) is 29.3 Å². The highest BCUT2D eigenvalue weighted by atomic mass is 16.6. The van der Waals surface area contributed by atoms with Gasteiger partial charge in [0.05, 0.1) is 6.04 Å². The average Bonchev–Trinajstić information content (AvgIpc) is 2.44. The smallest absolute Gasteiger partial charge is 0.410 e. The Labute approximate surface area is 141 Å². The monoisotopic (exact) mass is 320 g/mol. The molecule has 1 amide bonds. The molecule has 0 aromatic heterocycles. The summed E-state index contributed by atoms with van der Waals surface area (Å²) in [5.74, 6) is 0. The van der Waals surface area contributed by atoms with Crippen LogP contribution >= 0.6 is 0 Å². The normalized spacial score (nSPS) is 12.7. The molecule has 1 aromatic carbocycles. The number of nitrogens with one attached hydrogen (secondary N) is 1. The summed E-state index contributed by atoms with van der Waals surface area (Å²) in [6.45, 7) is 15.6. The number of ether oxygens (including phenoxy) is 1. The van der Waals surface area contributed by atoms with Crippen LogP contribution in [-0.4, -0.2) is 29.7 Å². The Balaban J connectivity index is 3.03. The van der Waals surface area contributed by atoms with Gasteiger partial charge in [0.1, 0.15) is 5.60 Å². The topological polar surface area (TPSA) is 41.6 Å². The highest BCUT2D eigenvalue weighted by Gasteiger charge is 2.26. The summed E-state index contributed by atoms with van der Waals surface area (Å²) in [5.41, 5.74) is 2.97. The first-order valence-corrected chi connectivity index (χ1v) is 8.53. The van der Waals surface area contributed by atoms with E-state index < -0.39 is 5.60 Å². The summed E-state index contributed by atoms with van der Waals surface area (Å²) < 4.78 is 5.57. The SMILES string of the molecule is CCCN(C(=O)OC(C)(C)C)[C@@H](C)c1ccc(C)c(NCC)c1. The van der Waals surface area contributed by atoms with Gasteiger partial charge in [-0.2, -0.15) is 0 Å². The highest BCUT2D eigenvalue weighted by molar-refractivity contribution is 5.69. The molecule has 0 aliphatic rings. The zero-order chi connectivity index (χ0) is 17.6. The van der Waals surface area contributed by atoms with E-state index in [-0.39, 0.29) is 12.1 Å². The van der Waals surface area contributed by atoms with Crippen LogP contribution in [0, 0.1) is 6.92 Å². The summed E-state index contributed by atoms with van der Waals surface area (Å²) in [7, 11) is 0. The van der Waals surface area contributed by atoms with Gasteiger partial charge in [-0.05, 0) is 65.2 Å². The second-order valence-electron chi connectivity index (χ2n) is 6.95. The Morgan fingerprint density at radius 1 is 1.30 bits per heavy atom. The molecule has 0 aliphatic carbocycles. The molecule has 1 aromatic rings. The fourth-order valence-electron chi connectivity index (χ4n) is 2.46. The van der Waals surface area contributed by atoms with Crippen LogP contribution in [0.5, 0.6) is 0 Å². The van der Waals surface area contributed by atoms with Crippen molar-refractivity contribution in [3.8, 4) is 0 Å². The van der Waals surface area contributed by atoms with Crippen LogP contribution < -0.4 is 5.32 Å². The molecule has 130 valence electrons. The van der Waals surface area contributed by atoms with Gasteiger partial charge in [0.15, 0.2) is 0 Å². The first-order valence-electron chi connectivity index (χ1n) is 8.53. The van der Waals surface area contributed by atoms with E-state index in [0.29, 0.717) is 6.54 Å². The van der Waals surface area contributed by atoms with Gasteiger partial charge in [0.25, 0.3) is 0 Å². The van der Waals surface area contributed by atoms with Crippen molar-refractivity contribution in [2.45, 2.75) is 66.5 Å². The minimum absolute atomic E-state index is 0.0252. The maximum absolute atomic E-state index is 12.5. The molecule has 0 saturated carbocycles. The molecular weight excluding hydrogens is 288 g/mol. The number of carbonyl (C=O) groups is 1. The molecular formula is C19H32N2O2. The number of benzene rings is 1. The van der Waals surface area contributed by atoms with Gasteiger partial charge in [-0.3, -0.25) is 0 Å². The highest BCUT2D eigenvalue weighted by Crippen LogP contribution is 2.27. The molecule has 1 atom stereocenters. The fourth-order valence-corrected chi connectivity index (χ4v) is 2.46. The lowest BCUT2D eigenvalue weighted by atomic mass is 10.0. The van der Waals surface area contributed by atoms with Gasteiger partial charge < -0.3 is 15.0 Å². The minimum atomic E-state index is -0.481. The van der Waals surface area contributed by atoms with Crippen LogP contribution in [-0.2, 0) is 4.74 Å². The van der Waals surface area contributed by atoms with Crippen LogP contribution in [0.3, 0.4) is 0 Å². The first-order chi connectivity index (χ1) is 10.7. The molecule has 1 rings (SSSR count). The van der Waals surface area contributed by atoms with Gasteiger partial charge in [-0.1, -0.05) is 19.1 Å². The number of hydrogen-bond acceptors (Lipinski definition) is 3. The number of aryl methyl sites for hydroxylation is 1. The van der Waals surface area contributed by atoms with E-state index in [9.17, 15) is 4.79 Å². The largest absolute Gasteiger partial charge is 0.444 e. The van der Waals surface area contributed by atoms with Crippen molar-refractivity contribution in [1.82, 2.24) is 4.90 Å². The quantitative estimate of drug-likeness (QED) is 0.789. The van der Waals surface area contributed by atoms with E-state index in [4.69, 9.17) is 4.74 Å². The second-order valence-corrected chi connectivity index (χ2v) is 6.95. The van der Waals surface area contributed by atoms with Crippen molar-refractivity contribution in [2.24, 2.45) is 0 Å². The lowest BCUT2D eigenvalue weighted by Gasteiger charge is -2.32. The predicted octanol–water partition coefficient (Wildman–Crippen LogP) is 5.13. The van der Waals surface area contributed by atoms with Gasteiger partial charge in [-0.25, -0.2) is 4.79 Å². The standard InChI is InChI=1S/C19H32N2O2/c1-8-12-21(18(22)23-19(5,6)7)15(4)16-11-10-14(3)17(13-16)20-9-2/h10-11,13,15,20H,8-9,12H2,1-7H3/t15-/m0/s1. The number of hydrogen-bond donors (Lipinski definition) is 1. The molecule has 0 unspecified atom stereocenters. The molecule has 0 fully saturated rings. The summed E-state index contributed by atoms with van der Waals surface area (Å²) in [5, 5.41) is 3.37. The van der Waals surface area contributed by atoms with Crippen LogP contribution in [0.25, 0.3) is 0 Å². The Hall–Kier alpha value is -1.71. The van der Waals surface area contributed by atoms with Gasteiger partial charge in [-0.15, -0.1) is 0 Å². The van der Waals surface area contributed by atoms with Crippen LogP contribution in [0.4, 0.5) is 10.5 Å². The van der Waals surface area contributed by atoms with Crippen molar-refractivity contribution in [1.29, 1.82) is 0 Å². The predicted molar refractivity (Wildman–Crippen MR) is 97.0 cm³/mol. The van der Waals surface area contributed by atoms with E-state index in [1.54, 1.807) is 0 Å². The van der Waals surface area contributed by atoms with Gasteiger partial charge in [0.2, 0.25) is 0 Å². The lowest BCUT2D eigenvalue weighted by Crippen LogP contribution is -2.38. The number of carbonyl (C=O) groups excluding carboxylic acids is 1. The van der Waals surface area contributed by atoms with E-state index in [1.165, 1.54) is 5.56 Å². The Kier molecular flexibility index (Phi) is 6.92. The second kappa shape index (κ2) is 8.23. The third-order valence-electron chi connectivity index (χ3n) is 3.67. The molecule has 0 bridgehead atoms. The third kappa shape index (κ3) is 5.77. The minimum Gasteiger partial charge on any atom is -0.444 e. The fraction of sp³-hybridized carbons (Fsp3) is 0.632. The van der Waals surface area contributed by atoms with E-state index >= 15 is 0 Å². The van der Waals surface area contributed by atoms with Crippen LogP contribution in [0.2, 0.25) is 0 Å². The van der Waals surface area contributed by atoms with Crippen molar-refractivity contribution in [2.75, 3.05) is 18.4 Å². The van der Waals surface area contributed by atoms with Gasteiger partial charge in [0, 0.05) is 18.8 Å². The van der Waals surface area contributed by atoms with Crippen molar-refractivity contribution < 1.29 is 9.53 Å². The van der Waals surface area contributed by atoms with Crippen LogP contribution in [0.15, 0.2) is 18.2 Å². The molecule has 0 radical (unpaired) electrons. The Morgan fingerprint density at radius 3 is 2.48 bits per heavy atom. The first kappa shape index (κ1) is 19.3. The van der Waals surface area contributed by atoms with Crippen molar-refractivity contribution >= 4 is 11.8 Å². The maximum Gasteiger partial charge on any atom is 0.410 e. The molecule has 0 saturated heterocycles. The number of nitrogens with zero attached hydrogens (tertiary/aromatic N) is 1. The summed E-state index contributed by atoms with van der Waals surface area (Å²) >= 11 is 0. The number of anilines is 1. The van der Waals surface area contributed by atoms with Crippen molar-refractivity contribution in [3.63, 3.8) is 0 Å². The van der Waals surface area contributed by atoms with E-state index in [0.717, 1.165) is 24.2 Å². The van der Waals surface area contributed by atoms with E-state index in [1.807, 2.05) is 25.7 Å². The van der Waals surface area contributed by atoms with Gasteiger partial charge >= 0.3 is 6.09 Å². The zero-order valence-corrected chi connectivity index (χ0v) is 15.7. The molecule has 1 N–H and O–H groups in total. The lowest BCUT2D eigenvalue weighted by molar-refractivity contribution is 0.0173. The molecule has 4 nitrogen and oxygen atoms in total. The Bertz CT molecular complexity index is 521. The van der Waals surface area contributed by atoms with Crippen LogP contribution in [0.1, 0.15) is 65.1 Å². The summed E-state index contributed by atoms with van der Waals surface area (Å²) in [6, 6.07) is 6.30. The van der Waals surface area contributed by atoms with E-state index in [2.05, 4.69) is 51.2 Å². The number of rotatable bonds is 6. The molecule has 0 spiro atoms. The molecule has 4 heteroatoms. The molecule has 0 heterocycles. The molecule has 23 heavy (non-hydrogen) atoms. The average molecular weight is 320 g/mol. The third-order valence-corrected chi connectivity index (χ3v) is 3.67. The zero-order valence-electron chi connectivity index (χ0n) is 15.7. The summed E-state index contributed by atoms with van der Waals surface area (Å²) in [4.78, 5) is 14.3. The number of amides is 1. The Morgan fingerprint density at radius 2 is 1.96 bits per heavy atom.